The molecule has 0 saturated heterocycles. The Labute approximate surface area is 119 Å². The molecule has 0 aliphatic heterocycles. The van der Waals surface area contributed by atoms with Crippen molar-refractivity contribution in [2.24, 2.45) is 0 Å². The fourth-order valence-electron chi connectivity index (χ4n) is 2.55. The van der Waals surface area contributed by atoms with Gasteiger partial charge in [0.05, 0.1) is 17.6 Å². The van der Waals surface area contributed by atoms with Gasteiger partial charge in [0, 0.05) is 0 Å². The number of benzene rings is 1. The van der Waals surface area contributed by atoms with Crippen molar-refractivity contribution in [2.45, 2.75) is 46.5 Å². The third-order valence-electron chi connectivity index (χ3n) is 3.42. The minimum absolute atomic E-state index is 0.192. The molecule has 0 aliphatic carbocycles. The molecule has 0 radical (unpaired) electrons. The van der Waals surface area contributed by atoms with Crippen LogP contribution in [0.2, 0.25) is 0 Å². The van der Waals surface area contributed by atoms with E-state index in [0.29, 0.717) is 12.4 Å². The average Bonchev–Trinajstić information content (AvgIpc) is 2.79. The number of imidazole rings is 1. The Morgan fingerprint density at radius 1 is 1.35 bits per heavy atom. The van der Waals surface area contributed by atoms with Crippen LogP contribution in [0.15, 0.2) is 12.1 Å². The second-order valence-electron chi connectivity index (χ2n) is 5.19. The summed E-state index contributed by atoms with van der Waals surface area (Å²) in [6.07, 6.45) is 1.66. The van der Waals surface area contributed by atoms with Crippen LogP contribution in [0.25, 0.3) is 11.0 Å². The first-order valence-electron chi connectivity index (χ1n) is 7.20. The number of rotatable bonds is 5. The highest BCUT2D eigenvalue weighted by molar-refractivity contribution is 5.82. The van der Waals surface area contributed by atoms with Crippen molar-refractivity contribution in [3.63, 3.8) is 0 Å². The topological polar surface area (TPSA) is 55.0 Å². The SMILES string of the molecule is CCCC(C(=O)OCC)c1nc2c(C)cc(C)cc2[nH]1. The van der Waals surface area contributed by atoms with Gasteiger partial charge in [-0.1, -0.05) is 19.4 Å². The molecule has 1 heterocycles. The predicted molar refractivity (Wildman–Crippen MR) is 79.8 cm³/mol. The van der Waals surface area contributed by atoms with Gasteiger partial charge in [-0.2, -0.15) is 0 Å². The van der Waals surface area contributed by atoms with Gasteiger partial charge in [0.15, 0.2) is 0 Å². The van der Waals surface area contributed by atoms with Gasteiger partial charge in [0.2, 0.25) is 0 Å². The zero-order valence-electron chi connectivity index (χ0n) is 12.6. The number of carbonyl (C=O) groups is 1. The Morgan fingerprint density at radius 2 is 2.10 bits per heavy atom. The third kappa shape index (κ3) is 2.84. The molecule has 1 atom stereocenters. The van der Waals surface area contributed by atoms with Crippen LogP contribution >= 0.6 is 0 Å². The summed E-state index contributed by atoms with van der Waals surface area (Å²) in [7, 11) is 0. The summed E-state index contributed by atoms with van der Waals surface area (Å²) in [4.78, 5) is 20.0. The van der Waals surface area contributed by atoms with E-state index in [1.165, 1.54) is 5.56 Å². The van der Waals surface area contributed by atoms with Gasteiger partial charge < -0.3 is 9.72 Å². The Morgan fingerprint density at radius 3 is 2.75 bits per heavy atom. The second kappa shape index (κ2) is 6.07. The van der Waals surface area contributed by atoms with E-state index in [1.807, 2.05) is 13.8 Å². The number of hydrogen-bond acceptors (Lipinski definition) is 3. The molecule has 4 heteroatoms. The van der Waals surface area contributed by atoms with Gasteiger partial charge in [-0.25, -0.2) is 4.98 Å². The molecule has 4 nitrogen and oxygen atoms in total. The van der Waals surface area contributed by atoms with Gasteiger partial charge in [0.1, 0.15) is 11.7 Å². The number of fused-ring (bicyclic) bond motifs is 1. The Balaban J connectivity index is 2.43. The van der Waals surface area contributed by atoms with Crippen molar-refractivity contribution < 1.29 is 9.53 Å². The molecular weight excluding hydrogens is 252 g/mol. The van der Waals surface area contributed by atoms with Gasteiger partial charge in [0.25, 0.3) is 0 Å². The van der Waals surface area contributed by atoms with Crippen molar-refractivity contribution in [3.8, 4) is 0 Å². The summed E-state index contributed by atoms with van der Waals surface area (Å²) in [5, 5.41) is 0. The maximum Gasteiger partial charge on any atom is 0.316 e. The van der Waals surface area contributed by atoms with Crippen LogP contribution in [0, 0.1) is 13.8 Å². The lowest BCUT2D eigenvalue weighted by Crippen LogP contribution is -2.17. The van der Waals surface area contributed by atoms with E-state index >= 15 is 0 Å². The minimum Gasteiger partial charge on any atom is -0.465 e. The Bertz CT molecular complexity index is 616. The Kier molecular flexibility index (Phi) is 4.42. The maximum absolute atomic E-state index is 12.1. The number of aromatic amines is 1. The highest BCUT2D eigenvalue weighted by atomic mass is 16.5. The predicted octanol–water partition coefficient (Wildman–Crippen LogP) is 3.63. The number of nitrogens with one attached hydrogen (secondary N) is 1. The lowest BCUT2D eigenvalue weighted by atomic mass is 10.0. The first-order valence-corrected chi connectivity index (χ1v) is 7.20. The number of carbonyl (C=O) groups excluding carboxylic acids is 1. The largest absolute Gasteiger partial charge is 0.465 e. The van der Waals surface area contributed by atoms with E-state index in [0.717, 1.165) is 29.4 Å². The molecule has 20 heavy (non-hydrogen) atoms. The molecule has 0 spiro atoms. The van der Waals surface area contributed by atoms with Crippen molar-refractivity contribution >= 4 is 17.0 Å². The fraction of sp³-hybridized carbons (Fsp3) is 0.500. The van der Waals surface area contributed by atoms with Crippen molar-refractivity contribution in [1.29, 1.82) is 0 Å². The number of ether oxygens (including phenoxy) is 1. The molecule has 1 aromatic heterocycles. The average molecular weight is 274 g/mol. The molecule has 1 aromatic carbocycles. The maximum atomic E-state index is 12.1. The second-order valence-corrected chi connectivity index (χ2v) is 5.19. The normalized spacial score (nSPS) is 12.6. The molecule has 0 amide bonds. The summed E-state index contributed by atoms with van der Waals surface area (Å²) in [5.41, 5.74) is 4.24. The van der Waals surface area contributed by atoms with Crippen LogP contribution in [0.4, 0.5) is 0 Å². The molecule has 0 fully saturated rings. The van der Waals surface area contributed by atoms with Crippen LogP contribution in [0.3, 0.4) is 0 Å². The van der Waals surface area contributed by atoms with Gasteiger partial charge in [-0.3, -0.25) is 4.79 Å². The van der Waals surface area contributed by atoms with Crippen LogP contribution in [-0.4, -0.2) is 22.5 Å². The van der Waals surface area contributed by atoms with Gasteiger partial charge in [-0.05, 0) is 44.4 Å². The zero-order chi connectivity index (χ0) is 14.7. The molecular formula is C16H22N2O2. The number of hydrogen-bond donors (Lipinski definition) is 1. The minimum atomic E-state index is -0.299. The number of aromatic nitrogens is 2. The monoisotopic (exact) mass is 274 g/mol. The first-order chi connectivity index (χ1) is 9.56. The summed E-state index contributed by atoms with van der Waals surface area (Å²) >= 11 is 0. The van der Waals surface area contributed by atoms with E-state index in [4.69, 9.17) is 4.74 Å². The smallest absolute Gasteiger partial charge is 0.316 e. The third-order valence-corrected chi connectivity index (χ3v) is 3.42. The van der Waals surface area contributed by atoms with Crippen molar-refractivity contribution in [2.75, 3.05) is 6.61 Å². The molecule has 1 N–H and O–H groups in total. The Hall–Kier alpha value is -1.84. The van der Waals surface area contributed by atoms with Crippen LogP contribution in [-0.2, 0) is 9.53 Å². The number of H-pyrrole nitrogens is 1. The molecule has 108 valence electrons. The van der Waals surface area contributed by atoms with Crippen molar-refractivity contribution in [1.82, 2.24) is 9.97 Å². The number of esters is 1. The summed E-state index contributed by atoms with van der Waals surface area (Å²) in [6, 6.07) is 4.17. The van der Waals surface area contributed by atoms with Gasteiger partial charge >= 0.3 is 5.97 Å². The molecule has 0 bridgehead atoms. The highest BCUT2D eigenvalue weighted by Crippen LogP contribution is 2.25. The standard InChI is InChI=1S/C16H22N2O2/c1-5-7-12(16(19)20-6-2)15-17-13-9-10(3)8-11(4)14(13)18-15/h8-9,12H,5-7H2,1-4H3,(H,17,18). The molecule has 2 rings (SSSR count). The van der Waals surface area contributed by atoms with Crippen LogP contribution < -0.4 is 0 Å². The molecule has 1 unspecified atom stereocenters. The van der Waals surface area contributed by atoms with E-state index in [-0.39, 0.29) is 11.9 Å². The van der Waals surface area contributed by atoms with E-state index in [2.05, 4.69) is 35.9 Å². The van der Waals surface area contributed by atoms with Crippen LogP contribution in [0.1, 0.15) is 49.6 Å². The molecule has 2 aromatic rings. The highest BCUT2D eigenvalue weighted by Gasteiger charge is 2.24. The molecule has 0 saturated carbocycles. The van der Waals surface area contributed by atoms with E-state index < -0.39 is 0 Å². The quantitative estimate of drug-likeness (QED) is 0.847. The summed E-state index contributed by atoms with van der Waals surface area (Å²) < 4.78 is 5.16. The lowest BCUT2D eigenvalue weighted by molar-refractivity contribution is -0.145. The van der Waals surface area contributed by atoms with Crippen molar-refractivity contribution in [3.05, 3.63) is 29.1 Å². The lowest BCUT2D eigenvalue weighted by Gasteiger charge is -2.11. The van der Waals surface area contributed by atoms with Crippen LogP contribution in [0.5, 0.6) is 0 Å². The number of nitrogens with zero attached hydrogens (tertiary/aromatic N) is 1. The summed E-state index contributed by atoms with van der Waals surface area (Å²) in [6.45, 7) is 8.38. The van der Waals surface area contributed by atoms with E-state index in [9.17, 15) is 4.79 Å². The summed E-state index contributed by atoms with van der Waals surface area (Å²) in [5.74, 6) is 0.226. The first kappa shape index (κ1) is 14.6. The number of aryl methyl sites for hydroxylation is 2. The van der Waals surface area contributed by atoms with E-state index in [1.54, 1.807) is 0 Å². The van der Waals surface area contributed by atoms with Gasteiger partial charge in [-0.15, -0.1) is 0 Å². The zero-order valence-corrected chi connectivity index (χ0v) is 12.6. The fourth-order valence-corrected chi connectivity index (χ4v) is 2.55. The molecule has 0 aliphatic rings.